The molecule has 2 aromatic heterocycles. The molecule has 0 saturated carbocycles. The van der Waals surface area contributed by atoms with Crippen LogP contribution in [-0.4, -0.2) is 55.8 Å². The lowest BCUT2D eigenvalue weighted by Crippen LogP contribution is -2.05. The van der Waals surface area contributed by atoms with Crippen LogP contribution in [-0.2, 0) is 26.3 Å². The molecule has 0 saturated heterocycles. The van der Waals surface area contributed by atoms with Gasteiger partial charge in [-0.25, -0.2) is 0 Å². The Morgan fingerprint density at radius 1 is 0.692 bits per heavy atom. The van der Waals surface area contributed by atoms with Gasteiger partial charge in [-0.15, -0.1) is 10.2 Å². The molecule has 0 N–H and O–H groups in total. The van der Waals surface area contributed by atoms with Crippen LogP contribution in [0.3, 0.4) is 0 Å². The SMILES string of the molecule is COc1cc(C(C)=O)ccc1OCc1cn(CCCn2cc(COc3ccc(C(C)=O)cc3OC)nn2)nn1. The van der Waals surface area contributed by atoms with E-state index in [1.54, 1.807) is 45.8 Å². The largest absolute Gasteiger partial charge is 0.493 e. The molecule has 0 radical (unpaired) electrons. The van der Waals surface area contributed by atoms with Gasteiger partial charge in [-0.3, -0.25) is 19.0 Å². The number of nitrogens with zero attached hydrogens (tertiary/aromatic N) is 6. The van der Waals surface area contributed by atoms with Gasteiger partial charge in [-0.2, -0.15) is 0 Å². The standard InChI is InChI=1S/C27H30N6O6/c1-18(34)20-6-8-24(26(12-20)36-3)38-16-22-14-32(30-28-22)10-5-11-33-15-23(29-31-33)17-39-25-9-7-21(19(2)35)13-27(25)37-4/h6-9,12-15H,5,10-11,16-17H2,1-4H3. The molecule has 12 heteroatoms. The van der Waals surface area contributed by atoms with Gasteiger partial charge >= 0.3 is 0 Å². The summed E-state index contributed by atoms with van der Waals surface area (Å²) in [5, 5.41) is 16.6. The van der Waals surface area contributed by atoms with Crippen LogP contribution >= 0.6 is 0 Å². The molecule has 2 aromatic carbocycles. The maximum absolute atomic E-state index is 11.6. The van der Waals surface area contributed by atoms with Gasteiger partial charge in [0.15, 0.2) is 34.6 Å². The Kier molecular flexibility index (Phi) is 8.87. The van der Waals surface area contributed by atoms with Crippen molar-refractivity contribution in [3.63, 3.8) is 0 Å². The van der Waals surface area contributed by atoms with Crippen LogP contribution in [0, 0.1) is 0 Å². The third-order valence-electron chi connectivity index (χ3n) is 5.84. The van der Waals surface area contributed by atoms with E-state index < -0.39 is 0 Å². The van der Waals surface area contributed by atoms with Crippen LogP contribution in [0.4, 0.5) is 0 Å². The fraction of sp³-hybridized carbons (Fsp3) is 0.333. The number of carbonyl (C=O) groups is 2. The molecule has 204 valence electrons. The lowest BCUT2D eigenvalue weighted by Gasteiger charge is -2.10. The van der Waals surface area contributed by atoms with Crippen LogP contribution in [0.2, 0.25) is 0 Å². The van der Waals surface area contributed by atoms with Gasteiger partial charge in [0, 0.05) is 24.2 Å². The Morgan fingerprint density at radius 3 is 1.51 bits per heavy atom. The molecule has 0 unspecified atom stereocenters. The molecule has 12 nitrogen and oxygen atoms in total. The number of ether oxygens (including phenoxy) is 4. The van der Waals surface area contributed by atoms with Crippen LogP contribution in [0.25, 0.3) is 0 Å². The minimum absolute atomic E-state index is 0.0452. The fourth-order valence-electron chi connectivity index (χ4n) is 3.74. The van der Waals surface area contributed by atoms with E-state index >= 15 is 0 Å². The van der Waals surface area contributed by atoms with Crippen molar-refractivity contribution >= 4 is 11.6 Å². The monoisotopic (exact) mass is 534 g/mol. The number of aryl methyl sites for hydroxylation is 2. The van der Waals surface area contributed by atoms with Crippen LogP contribution < -0.4 is 18.9 Å². The number of rotatable bonds is 14. The van der Waals surface area contributed by atoms with E-state index in [1.165, 1.54) is 28.1 Å². The summed E-state index contributed by atoms with van der Waals surface area (Å²) in [7, 11) is 3.06. The maximum atomic E-state index is 11.6. The van der Waals surface area contributed by atoms with E-state index in [0.29, 0.717) is 58.6 Å². The fourth-order valence-corrected chi connectivity index (χ4v) is 3.74. The first-order valence-corrected chi connectivity index (χ1v) is 12.3. The minimum Gasteiger partial charge on any atom is -0.493 e. The summed E-state index contributed by atoms with van der Waals surface area (Å²) in [6.07, 6.45) is 4.40. The molecule has 0 spiro atoms. The van der Waals surface area contributed by atoms with E-state index in [-0.39, 0.29) is 24.8 Å². The Labute approximate surface area is 225 Å². The summed E-state index contributed by atoms with van der Waals surface area (Å²) >= 11 is 0. The number of hydrogen-bond acceptors (Lipinski definition) is 10. The molecular formula is C27H30N6O6. The molecule has 0 aliphatic carbocycles. The smallest absolute Gasteiger partial charge is 0.161 e. The van der Waals surface area contributed by atoms with Crippen LogP contribution in [0.5, 0.6) is 23.0 Å². The zero-order valence-electron chi connectivity index (χ0n) is 22.3. The molecule has 0 atom stereocenters. The highest BCUT2D eigenvalue weighted by molar-refractivity contribution is 5.95. The number of methoxy groups -OCH3 is 2. The van der Waals surface area contributed by atoms with Crippen molar-refractivity contribution in [1.29, 1.82) is 0 Å². The molecule has 0 aliphatic heterocycles. The minimum atomic E-state index is -0.0452. The number of hydrogen-bond donors (Lipinski definition) is 0. The number of aromatic nitrogens is 6. The number of Topliss-reactive ketones (excluding diaryl/α,β-unsaturated/α-hetero) is 2. The van der Waals surface area contributed by atoms with Gasteiger partial charge in [0.2, 0.25) is 0 Å². The second-order valence-electron chi connectivity index (χ2n) is 8.72. The Hall–Kier alpha value is -4.74. The van der Waals surface area contributed by atoms with Gasteiger partial charge in [-0.1, -0.05) is 10.4 Å². The van der Waals surface area contributed by atoms with Gasteiger partial charge < -0.3 is 18.9 Å². The van der Waals surface area contributed by atoms with E-state index in [1.807, 2.05) is 12.4 Å². The van der Waals surface area contributed by atoms with Crippen molar-refractivity contribution in [1.82, 2.24) is 30.0 Å². The zero-order valence-corrected chi connectivity index (χ0v) is 22.3. The highest BCUT2D eigenvalue weighted by atomic mass is 16.5. The first kappa shape index (κ1) is 27.3. The van der Waals surface area contributed by atoms with Crippen molar-refractivity contribution in [2.24, 2.45) is 0 Å². The summed E-state index contributed by atoms with van der Waals surface area (Å²) in [5.74, 6) is 1.92. The molecule has 0 fully saturated rings. The Bertz CT molecular complexity index is 1340. The predicted molar refractivity (Wildman–Crippen MR) is 139 cm³/mol. The summed E-state index contributed by atoms with van der Waals surface area (Å²) in [6.45, 7) is 4.69. The normalized spacial score (nSPS) is 10.8. The van der Waals surface area contributed by atoms with Gasteiger partial charge in [0.25, 0.3) is 0 Å². The quantitative estimate of drug-likeness (QED) is 0.221. The molecule has 0 aliphatic rings. The lowest BCUT2D eigenvalue weighted by atomic mass is 10.1. The third kappa shape index (κ3) is 7.18. The maximum Gasteiger partial charge on any atom is 0.161 e. The van der Waals surface area contributed by atoms with Crippen LogP contribution in [0.15, 0.2) is 48.8 Å². The molecule has 4 rings (SSSR count). The highest BCUT2D eigenvalue weighted by Gasteiger charge is 2.11. The van der Waals surface area contributed by atoms with Gasteiger partial charge in [0.1, 0.15) is 24.6 Å². The van der Waals surface area contributed by atoms with Gasteiger partial charge in [0.05, 0.1) is 26.6 Å². The Balaban J connectivity index is 1.23. The van der Waals surface area contributed by atoms with E-state index in [9.17, 15) is 9.59 Å². The second kappa shape index (κ2) is 12.7. The molecule has 0 amide bonds. The van der Waals surface area contributed by atoms with E-state index in [2.05, 4.69) is 20.6 Å². The molecular weight excluding hydrogens is 504 g/mol. The first-order valence-electron chi connectivity index (χ1n) is 12.3. The summed E-state index contributed by atoms with van der Waals surface area (Å²) < 4.78 is 25.8. The first-order chi connectivity index (χ1) is 18.9. The summed E-state index contributed by atoms with van der Waals surface area (Å²) in [4.78, 5) is 23.1. The van der Waals surface area contributed by atoms with Crippen molar-refractivity contribution in [3.05, 3.63) is 71.3 Å². The van der Waals surface area contributed by atoms with E-state index in [0.717, 1.165) is 6.42 Å². The van der Waals surface area contributed by atoms with E-state index in [4.69, 9.17) is 18.9 Å². The Morgan fingerprint density at radius 2 is 1.13 bits per heavy atom. The van der Waals surface area contributed by atoms with Crippen molar-refractivity contribution < 1.29 is 28.5 Å². The third-order valence-corrected chi connectivity index (χ3v) is 5.84. The summed E-state index contributed by atoms with van der Waals surface area (Å²) in [6, 6.07) is 10.1. The van der Waals surface area contributed by atoms with Crippen LogP contribution in [0.1, 0.15) is 52.4 Å². The molecule has 4 aromatic rings. The summed E-state index contributed by atoms with van der Waals surface area (Å²) in [5.41, 5.74) is 2.44. The van der Waals surface area contributed by atoms with Crippen molar-refractivity contribution in [2.45, 2.75) is 46.6 Å². The zero-order chi connectivity index (χ0) is 27.8. The number of benzene rings is 2. The van der Waals surface area contributed by atoms with Crippen molar-refractivity contribution in [2.75, 3.05) is 14.2 Å². The highest BCUT2D eigenvalue weighted by Crippen LogP contribution is 2.30. The predicted octanol–water partition coefficient (Wildman–Crippen LogP) is 3.54. The van der Waals surface area contributed by atoms with Gasteiger partial charge in [-0.05, 0) is 56.7 Å². The molecule has 2 heterocycles. The number of ketones is 2. The average Bonchev–Trinajstić information content (AvgIpc) is 3.59. The average molecular weight is 535 g/mol. The second-order valence-corrected chi connectivity index (χ2v) is 8.72. The number of carbonyl (C=O) groups excluding carboxylic acids is 2. The van der Waals surface area contributed by atoms with Crippen molar-refractivity contribution in [3.8, 4) is 23.0 Å². The molecule has 0 bridgehead atoms. The lowest BCUT2D eigenvalue weighted by molar-refractivity contribution is 0.100. The molecule has 39 heavy (non-hydrogen) atoms. The topological polar surface area (TPSA) is 132 Å².